The second-order valence-corrected chi connectivity index (χ2v) is 9.66. The summed E-state index contributed by atoms with van der Waals surface area (Å²) < 4.78 is 0.783. The molecule has 4 heterocycles. The minimum absolute atomic E-state index is 0.140. The molecule has 6 nitrogen and oxygen atoms in total. The van der Waals surface area contributed by atoms with Gasteiger partial charge in [0.15, 0.2) is 0 Å². The fraction of sp³-hybridized carbons (Fsp3) is 0.318. The van der Waals surface area contributed by atoms with E-state index in [4.69, 9.17) is 11.6 Å². The minimum Gasteiger partial charge on any atom is -0.324 e. The van der Waals surface area contributed by atoms with Crippen LogP contribution in [0.25, 0.3) is 0 Å². The standard InChI is InChI=1S/C22H17BrClN3O3/c23-11-3-1-4-13(9-11)27-19(28)17-16-5-2-8-26(16)22(18(17)20(27)29)14-10-12(24)6-7-15(14)25-21(22)30/h1,3-4,6-7,9-10,16-18H,2,5,8H2,(H,25,30). The first kappa shape index (κ1) is 18.5. The highest BCUT2D eigenvalue weighted by Crippen LogP contribution is 2.60. The molecule has 1 spiro atoms. The fourth-order valence-electron chi connectivity index (χ4n) is 6.04. The van der Waals surface area contributed by atoms with Gasteiger partial charge in [0.1, 0.15) is 5.54 Å². The Morgan fingerprint density at radius 3 is 2.73 bits per heavy atom. The minimum atomic E-state index is -1.19. The number of anilines is 2. The number of carbonyl (C=O) groups is 3. The Balaban J connectivity index is 1.57. The van der Waals surface area contributed by atoms with Crippen molar-refractivity contribution in [1.82, 2.24) is 4.90 Å². The number of carbonyl (C=O) groups excluding carboxylic acids is 3. The summed E-state index contributed by atoms with van der Waals surface area (Å²) in [5.74, 6) is -2.10. The molecule has 0 bridgehead atoms. The zero-order chi connectivity index (χ0) is 20.8. The van der Waals surface area contributed by atoms with E-state index in [-0.39, 0.29) is 23.8 Å². The third-order valence-electron chi connectivity index (χ3n) is 7.02. The SMILES string of the molecule is O=C1C2C3CCCN3C3(C(=O)Nc4ccc(Cl)cc43)C2C(=O)N1c1cccc(Br)c1. The lowest BCUT2D eigenvalue weighted by Gasteiger charge is -2.36. The monoisotopic (exact) mass is 485 g/mol. The number of rotatable bonds is 1. The Hall–Kier alpha value is -2.22. The molecule has 0 aromatic heterocycles. The lowest BCUT2D eigenvalue weighted by molar-refractivity contribution is -0.135. The summed E-state index contributed by atoms with van der Waals surface area (Å²) in [6, 6.07) is 12.3. The largest absolute Gasteiger partial charge is 0.324 e. The highest BCUT2D eigenvalue weighted by atomic mass is 79.9. The van der Waals surface area contributed by atoms with E-state index in [2.05, 4.69) is 26.1 Å². The van der Waals surface area contributed by atoms with Crippen molar-refractivity contribution < 1.29 is 14.4 Å². The van der Waals surface area contributed by atoms with Gasteiger partial charge in [0.25, 0.3) is 0 Å². The molecule has 6 rings (SSSR count). The molecule has 152 valence electrons. The van der Waals surface area contributed by atoms with Crippen LogP contribution in [0.2, 0.25) is 5.02 Å². The number of benzene rings is 2. The van der Waals surface area contributed by atoms with Crippen LogP contribution in [-0.4, -0.2) is 35.2 Å². The molecule has 0 aliphatic carbocycles. The van der Waals surface area contributed by atoms with Crippen molar-refractivity contribution in [2.45, 2.75) is 24.4 Å². The lowest BCUT2D eigenvalue weighted by Crippen LogP contribution is -2.54. The quantitative estimate of drug-likeness (QED) is 0.626. The summed E-state index contributed by atoms with van der Waals surface area (Å²) in [7, 11) is 0. The summed E-state index contributed by atoms with van der Waals surface area (Å²) >= 11 is 9.72. The Kier molecular flexibility index (Phi) is 3.80. The highest BCUT2D eigenvalue weighted by molar-refractivity contribution is 9.10. The second kappa shape index (κ2) is 6.15. The first-order chi connectivity index (χ1) is 14.4. The van der Waals surface area contributed by atoms with Gasteiger partial charge in [-0.2, -0.15) is 0 Å². The highest BCUT2D eigenvalue weighted by Gasteiger charge is 2.74. The third-order valence-corrected chi connectivity index (χ3v) is 7.75. The van der Waals surface area contributed by atoms with Gasteiger partial charge in [-0.3, -0.25) is 19.3 Å². The van der Waals surface area contributed by atoms with Crippen molar-refractivity contribution in [1.29, 1.82) is 0 Å². The molecule has 2 aromatic carbocycles. The summed E-state index contributed by atoms with van der Waals surface area (Å²) in [6.45, 7) is 0.675. The van der Waals surface area contributed by atoms with Crippen LogP contribution in [0.3, 0.4) is 0 Å². The number of fused-ring (bicyclic) bond motifs is 7. The van der Waals surface area contributed by atoms with E-state index in [1.54, 1.807) is 36.4 Å². The van der Waals surface area contributed by atoms with Gasteiger partial charge in [0, 0.05) is 26.8 Å². The van der Waals surface area contributed by atoms with Gasteiger partial charge in [-0.25, -0.2) is 4.90 Å². The summed E-state index contributed by atoms with van der Waals surface area (Å²) in [5.41, 5.74) is 0.700. The third kappa shape index (κ3) is 2.10. The average Bonchev–Trinajstić information content (AvgIpc) is 3.40. The van der Waals surface area contributed by atoms with E-state index in [1.807, 2.05) is 6.07 Å². The number of nitrogens with one attached hydrogen (secondary N) is 1. The van der Waals surface area contributed by atoms with Crippen molar-refractivity contribution in [3.8, 4) is 0 Å². The van der Waals surface area contributed by atoms with Crippen LogP contribution < -0.4 is 10.2 Å². The van der Waals surface area contributed by atoms with Crippen molar-refractivity contribution in [3.63, 3.8) is 0 Å². The molecule has 3 fully saturated rings. The Labute approximate surface area is 186 Å². The number of hydrogen-bond acceptors (Lipinski definition) is 4. The van der Waals surface area contributed by atoms with Gasteiger partial charge in [-0.05, 0) is 55.8 Å². The maximum Gasteiger partial charge on any atom is 0.250 e. The van der Waals surface area contributed by atoms with E-state index >= 15 is 0 Å². The molecule has 3 saturated heterocycles. The first-order valence-corrected chi connectivity index (χ1v) is 11.1. The van der Waals surface area contributed by atoms with Crippen LogP contribution in [0.1, 0.15) is 18.4 Å². The van der Waals surface area contributed by atoms with Crippen molar-refractivity contribution in [2.24, 2.45) is 11.8 Å². The number of imide groups is 1. The van der Waals surface area contributed by atoms with Crippen molar-refractivity contribution in [2.75, 3.05) is 16.8 Å². The van der Waals surface area contributed by atoms with Crippen LogP contribution in [-0.2, 0) is 19.9 Å². The molecule has 0 radical (unpaired) electrons. The summed E-state index contributed by atoms with van der Waals surface area (Å²) in [4.78, 5) is 44.3. The molecule has 8 heteroatoms. The van der Waals surface area contributed by atoms with Crippen molar-refractivity contribution >= 4 is 56.6 Å². The van der Waals surface area contributed by atoms with Crippen LogP contribution >= 0.6 is 27.5 Å². The van der Waals surface area contributed by atoms with Crippen LogP contribution in [0, 0.1) is 11.8 Å². The number of halogens is 2. The van der Waals surface area contributed by atoms with Gasteiger partial charge in [-0.1, -0.05) is 33.6 Å². The molecular weight excluding hydrogens is 470 g/mol. The van der Waals surface area contributed by atoms with Crippen LogP contribution in [0.5, 0.6) is 0 Å². The zero-order valence-corrected chi connectivity index (χ0v) is 18.1. The van der Waals surface area contributed by atoms with Crippen LogP contribution in [0.4, 0.5) is 11.4 Å². The molecule has 4 unspecified atom stereocenters. The average molecular weight is 487 g/mol. The topological polar surface area (TPSA) is 69.7 Å². The van der Waals surface area contributed by atoms with E-state index in [9.17, 15) is 14.4 Å². The molecule has 3 amide bonds. The van der Waals surface area contributed by atoms with Crippen LogP contribution in [0.15, 0.2) is 46.9 Å². The molecule has 0 saturated carbocycles. The van der Waals surface area contributed by atoms with Gasteiger partial charge < -0.3 is 5.32 Å². The van der Waals surface area contributed by atoms with Gasteiger partial charge in [0.2, 0.25) is 17.7 Å². The van der Waals surface area contributed by atoms with E-state index < -0.39 is 17.4 Å². The molecule has 1 N–H and O–H groups in total. The van der Waals surface area contributed by atoms with Gasteiger partial charge >= 0.3 is 0 Å². The summed E-state index contributed by atoms with van der Waals surface area (Å²) in [6.07, 6.45) is 1.68. The van der Waals surface area contributed by atoms with Gasteiger partial charge in [0.05, 0.1) is 17.5 Å². The predicted molar refractivity (Wildman–Crippen MR) is 115 cm³/mol. The fourth-order valence-corrected chi connectivity index (χ4v) is 6.60. The smallest absolute Gasteiger partial charge is 0.250 e. The van der Waals surface area contributed by atoms with E-state index in [0.717, 1.165) is 17.3 Å². The Bertz CT molecular complexity index is 1150. The number of nitrogens with zero attached hydrogens (tertiary/aromatic N) is 2. The normalized spacial score (nSPS) is 32.0. The lowest BCUT2D eigenvalue weighted by atomic mass is 9.75. The Morgan fingerprint density at radius 1 is 1.10 bits per heavy atom. The molecule has 30 heavy (non-hydrogen) atoms. The molecule has 4 aliphatic heterocycles. The van der Waals surface area contributed by atoms with E-state index in [1.165, 1.54) is 4.90 Å². The second-order valence-electron chi connectivity index (χ2n) is 8.31. The Morgan fingerprint density at radius 2 is 1.93 bits per heavy atom. The zero-order valence-electron chi connectivity index (χ0n) is 15.8. The van der Waals surface area contributed by atoms with Crippen molar-refractivity contribution in [3.05, 3.63) is 57.5 Å². The maximum absolute atomic E-state index is 13.8. The van der Waals surface area contributed by atoms with E-state index in [0.29, 0.717) is 28.5 Å². The number of hydrogen-bond donors (Lipinski definition) is 1. The number of amides is 3. The predicted octanol–water partition coefficient (Wildman–Crippen LogP) is 3.53. The molecular formula is C22H17BrClN3O3. The van der Waals surface area contributed by atoms with Gasteiger partial charge in [-0.15, -0.1) is 0 Å². The molecule has 4 atom stereocenters. The first-order valence-electron chi connectivity index (χ1n) is 9.96. The maximum atomic E-state index is 13.8. The molecule has 2 aromatic rings. The summed E-state index contributed by atoms with van der Waals surface area (Å²) in [5, 5.41) is 3.46. The molecule has 4 aliphatic rings.